The second kappa shape index (κ2) is 6.53. The van der Waals surface area contributed by atoms with Gasteiger partial charge in [-0.25, -0.2) is 9.37 Å². The van der Waals surface area contributed by atoms with Crippen LogP contribution in [0.15, 0.2) is 18.3 Å². The van der Waals surface area contributed by atoms with Gasteiger partial charge in [0.15, 0.2) is 11.6 Å². The van der Waals surface area contributed by atoms with Gasteiger partial charge in [0.05, 0.1) is 14.2 Å². The van der Waals surface area contributed by atoms with Crippen LogP contribution in [0.4, 0.5) is 10.2 Å². The summed E-state index contributed by atoms with van der Waals surface area (Å²) in [7, 11) is 2.40. The highest BCUT2D eigenvalue weighted by Crippen LogP contribution is 2.14. The average molecular weight is 256 g/mol. The van der Waals surface area contributed by atoms with E-state index in [1.165, 1.54) is 32.5 Å². The minimum absolute atomic E-state index is 0.103. The molecule has 0 aliphatic carbocycles. The number of carbonyl (C=O) groups excluding carboxylic acids is 2. The van der Waals surface area contributed by atoms with Crippen molar-refractivity contribution in [2.24, 2.45) is 0 Å². The molecule has 0 unspecified atom stereocenters. The Hall–Kier alpha value is -2.18. The minimum atomic E-state index is -0.634. The molecule has 0 fully saturated rings. The van der Waals surface area contributed by atoms with Crippen LogP contribution < -0.4 is 4.90 Å². The monoisotopic (exact) mass is 256 g/mol. The number of rotatable bonds is 5. The summed E-state index contributed by atoms with van der Waals surface area (Å²) >= 11 is 0. The Morgan fingerprint density at radius 2 is 1.83 bits per heavy atom. The lowest BCUT2D eigenvalue weighted by Gasteiger charge is -2.21. The second-order valence-corrected chi connectivity index (χ2v) is 3.32. The summed E-state index contributed by atoms with van der Waals surface area (Å²) in [4.78, 5) is 27.4. The highest BCUT2D eigenvalue weighted by atomic mass is 19.1. The molecule has 1 rings (SSSR count). The number of methoxy groups -OCH3 is 2. The Kier molecular flexibility index (Phi) is 5.04. The Labute approximate surface area is 103 Å². The molecule has 0 aromatic carbocycles. The van der Waals surface area contributed by atoms with Crippen LogP contribution >= 0.6 is 0 Å². The molecule has 0 amide bonds. The quantitative estimate of drug-likeness (QED) is 0.709. The van der Waals surface area contributed by atoms with E-state index in [1.54, 1.807) is 0 Å². The molecule has 1 aromatic heterocycles. The molecule has 0 atom stereocenters. The fourth-order valence-electron chi connectivity index (χ4n) is 1.26. The SMILES string of the molecule is COC(=O)CN(CC(=O)OC)c1ncccc1F. The van der Waals surface area contributed by atoms with Gasteiger partial charge in [0.2, 0.25) is 0 Å². The van der Waals surface area contributed by atoms with Gasteiger partial charge >= 0.3 is 11.9 Å². The Morgan fingerprint density at radius 1 is 1.28 bits per heavy atom. The normalized spacial score (nSPS) is 9.72. The van der Waals surface area contributed by atoms with Crippen molar-refractivity contribution in [2.45, 2.75) is 0 Å². The van der Waals surface area contributed by atoms with Gasteiger partial charge in [0, 0.05) is 6.20 Å². The van der Waals surface area contributed by atoms with Crippen molar-refractivity contribution in [1.29, 1.82) is 0 Å². The molecular formula is C11H13FN2O4. The topological polar surface area (TPSA) is 68.7 Å². The molecule has 0 spiro atoms. The van der Waals surface area contributed by atoms with Crippen molar-refractivity contribution in [3.8, 4) is 0 Å². The molecule has 0 radical (unpaired) electrons. The first kappa shape index (κ1) is 13.9. The number of anilines is 1. The van der Waals surface area contributed by atoms with Gasteiger partial charge in [-0.3, -0.25) is 9.59 Å². The summed E-state index contributed by atoms with van der Waals surface area (Å²) in [6.07, 6.45) is 1.36. The molecule has 0 bridgehead atoms. The fraction of sp³-hybridized carbons (Fsp3) is 0.364. The third-order valence-corrected chi connectivity index (χ3v) is 2.13. The number of aromatic nitrogens is 1. The lowest BCUT2D eigenvalue weighted by Crippen LogP contribution is -2.36. The predicted octanol–water partition coefficient (Wildman–Crippen LogP) is 0.373. The average Bonchev–Trinajstić information content (AvgIpc) is 2.38. The number of carbonyl (C=O) groups is 2. The number of pyridine rings is 1. The first-order chi connectivity index (χ1) is 8.58. The van der Waals surface area contributed by atoms with Crippen LogP contribution in [0.3, 0.4) is 0 Å². The van der Waals surface area contributed by atoms with Crippen LogP contribution in [0.5, 0.6) is 0 Å². The summed E-state index contributed by atoms with van der Waals surface area (Å²) < 4.78 is 22.5. The van der Waals surface area contributed by atoms with Gasteiger partial charge in [0.1, 0.15) is 13.1 Å². The lowest BCUT2D eigenvalue weighted by atomic mass is 10.3. The minimum Gasteiger partial charge on any atom is -0.468 e. The summed E-state index contributed by atoms with van der Waals surface area (Å²) in [5, 5.41) is 0. The summed E-state index contributed by atoms with van der Waals surface area (Å²) in [6, 6.07) is 2.59. The number of nitrogens with zero attached hydrogens (tertiary/aromatic N) is 2. The van der Waals surface area contributed by atoms with Crippen molar-refractivity contribution in [2.75, 3.05) is 32.2 Å². The van der Waals surface area contributed by atoms with Crippen LogP contribution in [0.2, 0.25) is 0 Å². The zero-order chi connectivity index (χ0) is 13.5. The number of halogens is 1. The smallest absolute Gasteiger partial charge is 0.325 e. The molecule has 7 heteroatoms. The standard InChI is InChI=1S/C11H13FN2O4/c1-17-9(15)6-14(7-10(16)18-2)11-8(12)4-3-5-13-11/h3-5H,6-7H2,1-2H3. The second-order valence-electron chi connectivity index (χ2n) is 3.32. The molecule has 0 saturated heterocycles. The van der Waals surface area contributed by atoms with Crippen molar-refractivity contribution in [3.63, 3.8) is 0 Å². The lowest BCUT2D eigenvalue weighted by molar-refractivity contribution is -0.140. The van der Waals surface area contributed by atoms with Crippen LogP contribution in [-0.2, 0) is 19.1 Å². The molecule has 0 saturated carbocycles. The van der Waals surface area contributed by atoms with Gasteiger partial charge in [-0.05, 0) is 12.1 Å². The van der Waals surface area contributed by atoms with E-state index in [0.29, 0.717) is 0 Å². The summed E-state index contributed by atoms with van der Waals surface area (Å²) in [6.45, 7) is -0.584. The molecule has 18 heavy (non-hydrogen) atoms. The number of hydrogen-bond donors (Lipinski definition) is 0. The fourth-order valence-corrected chi connectivity index (χ4v) is 1.26. The van der Waals surface area contributed by atoms with Crippen LogP contribution in [0.25, 0.3) is 0 Å². The van der Waals surface area contributed by atoms with E-state index in [9.17, 15) is 14.0 Å². The van der Waals surface area contributed by atoms with Crippen LogP contribution in [0, 0.1) is 5.82 Å². The maximum atomic E-state index is 13.5. The maximum absolute atomic E-state index is 13.5. The van der Waals surface area contributed by atoms with E-state index in [4.69, 9.17) is 0 Å². The molecule has 1 aromatic rings. The molecule has 6 nitrogen and oxygen atoms in total. The third kappa shape index (κ3) is 3.69. The maximum Gasteiger partial charge on any atom is 0.325 e. The first-order valence-corrected chi connectivity index (χ1v) is 5.07. The Bertz CT molecular complexity index is 421. The van der Waals surface area contributed by atoms with E-state index in [1.807, 2.05) is 0 Å². The van der Waals surface area contributed by atoms with Gasteiger partial charge < -0.3 is 14.4 Å². The molecule has 0 N–H and O–H groups in total. The molecule has 0 aliphatic heterocycles. The van der Waals surface area contributed by atoms with Gasteiger partial charge in [-0.1, -0.05) is 0 Å². The Balaban J connectivity index is 2.93. The number of ether oxygens (including phenoxy) is 2. The number of hydrogen-bond acceptors (Lipinski definition) is 6. The van der Waals surface area contributed by atoms with E-state index >= 15 is 0 Å². The van der Waals surface area contributed by atoms with Crippen LogP contribution in [-0.4, -0.2) is 44.2 Å². The van der Waals surface area contributed by atoms with E-state index in [-0.39, 0.29) is 18.9 Å². The van der Waals surface area contributed by atoms with E-state index in [0.717, 1.165) is 4.90 Å². The van der Waals surface area contributed by atoms with E-state index < -0.39 is 17.8 Å². The molecule has 98 valence electrons. The van der Waals surface area contributed by atoms with Crippen molar-refractivity contribution in [1.82, 2.24) is 4.98 Å². The van der Waals surface area contributed by atoms with Crippen molar-refractivity contribution < 1.29 is 23.5 Å². The van der Waals surface area contributed by atoms with Gasteiger partial charge in [-0.15, -0.1) is 0 Å². The van der Waals surface area contributed by atoms with Gasteiger partial charge in [-0.2, -0.15) is 0 Å². The molecule has 0 aliphatic rings. The van der Waals surface area contributed by atoms with Crippen molar-refractivity contribution in [3.05, 3.63) is 24.1 Å². The molecular weight excluding hydrogens is 243 g/mol. The highest BCUT2D eigenvalue weighted by Gasteiger charge is 2.19. The summed E-state index contributed by atoms with van der Waals surface area (Å²) in [5.74, 6) is -1.95. The number of esters is 2. The van der Waals surface area contributed by atoms with Crippen LogP contribution in [0.1, 0.15) is 0 Å². The zero-order valence-corrected chi connectivity index (χ0v) is 10.1. The van der Waals surface area contributed by atoms with Crippen molar-refractivity contribution >= 4 is 17.8 Å². The predicted molar refractivity (Wildman–Crippen MR) is 60.4 cm³/mol. The third-order valence-electron chi connectivity index (χ3n) is 2.13. The molecule has 1 heterocycles. The summed E-state index contributed by atoms with van der Waals surface area (Å²) in [5.41, 5.74) is 0. The van der Waals surface area contributed by atoms with Gasteiger partial charge in [0.25, 0.3) is 0 Å². The zero-order valence-electron chi connectivity index (χ0n) is 10.1. The largest absolute Gasteiger partial charge is 0.468 e. The highest BCUT2D eigenvalue weighted by molar-refractivity contribution is 5.80. The van der Waals surface area contributed by atoms with E-state index in [2.05, 4.69) is 14.5 Å². The first-order valence-electron chi connectivity index (χ1n) is 5.07. The Morgan fingerprint density at radius 3 is 2.28 bits per heavy atom.